The molecular formula is C8H7BrN2O. The zero-order valence-electron chi connectivity index (χ0n) is 6.21. The first-order valence-corrected chi connectivity index (χ1v) is 4.33. The summed E-state index contributed by atoms with van der Waals surface area (Å²) in [7, 11) is 0. The quantitative estimate of drug-likeness (QED) is 0.780. The third-order valence-corrected chi connectivity index (χ3v) is 2.41. The Hall–Kier alpha value is -0.870. The lowest BCUT2D eigenvalue weighted by Crippen LogP contribution is -1.85. The predicted molar refractivity (Wildman–Crippen MR) is 49.7 cm³/mol. The molecule has 0 aliphatic carbocycles. The maximum atomic E-state index is 9.02. The lowest BCUT2D eigenvalue weighted by atomic mass is 10.2. The van der Waals surface area contributed by atoms with Gasteiger partial charge >= 0.3 is 0 Å². The molecule has 2 aromatic rings. The van der Waals surface area contributed by atoms with Crippen molar-refractivity contribution in [2.24, 2.45) is 0 Å². The summed E-state index contributed by atoms with van der Waals surface area (Å²) < 4.78 is 0.939. The number of H-pyrrole nitrogens is 1. The first-order valence-electron chi connectivity index (χ1n) is 3.54. The van der Waals surface area contributed by atoms with Gasteiger partial charge in [-0.15, -0.1) is 0 Å². The highest BCUT2D eigenvalue weighted by molar-refractivity contribution is 9.10. The summed E-state index contributed by atoms with van der Waals surface area (Å²) in [5.41, 5.74) is 1.68. The van der Waals surface area contributed by atoms with Crippen molar-refractivity contribution < 1.29 is 5.11 Å². The average Bonchev–Trinajstić information content (AvgIpc) is 2.48. The van der Waals surface area contributed by atoms with E-state index >= 15 is 0 Å². The van der Waals surface area contributed by atoms with E-state index in [1.165, 1.54) is 0 Å². The summed E-state index contributed by atoms with van der Waals surface area (Å²) in [6, 6.07) is 1.81. The molecule has 62 valence electrons. The second kappa shape index (κ2) is 2.88. The van der Waals surface area contributed by atoms with Crippen molar-refractivity contribution in [2.45, 2.75) is 6.61 Å². The lowest BCUT2D eigenvalue weighted by molar-refractivity contribution is 0.283. The Kier molecular flexibility index (Phi) is 1.86. The predicted octanol–water partition coefficient (Wildman–Crippen LogP) is 1.82. The summed E-state index contributed by atoms with van der Waals surface area (Å²) in [6.07, 6.45) is 3.49. The van der Waals surface area contributed by atoms with E-state index in [9.17, 15) is 0 Å². The van der Waals surface area contributed by atoms with Gasteiger partial charge in [0.05, 0.1) is 6.61 Å². The fourth-order valence-electron chi connectivity index (χ4n) is 1.21. The average molecular weight is 227 g/mol. The first kappa shape index (κ1) is 7.76. The molecule has 3 nitrogen and oxygen atoms in total. The topological polar surface area (TPSA) is 48.9 Å². The molecule has 0 aromatic carbocycles. The maximum Gasteiger partial charge on any atom is 0.138 e. The molecule has 2 rings (SSSR count). The van der Waals surface area contributed by atoms with Gasteiger partial charge < -0.3 is 10.1 Å². The van der Waals surface area contributed by atoms with Crippen LogP contribution >= 0.6 is 15.9 Å². The van der Waals surface area contributed by atoms with Gasteiger partial charge in [-0.1, -0.05) is 0 Å². The molecule has 0 bridgehead atoms. The molecule has 0 fully saturated rings. The summed E-state index contributed by atoms with van der Waals surface area (Å²) >= 11 is 3.38. The van der Waals surface area contributed by atoms with Crippen molar-refractivity contribution in [3.8, 4) is 0 Å². The molecule has 0 amide bonds. The number of aromatic amines is 1. The number of aliphatic hydroxyl groups is 1. The number of fused-ring (bicyclic) bond motifs is 1. The SMILES string of the molecule is OCc1ccnc2[nH]cc(Br)c12. The van der Waals surface area contributed by atoms with Crippen LogP contribution in [0.25, 0.3) is 11.0 Å². The van der Waals surface area contributed by atoms with Crippen molar-refractivity contribution in [3.05, 3.63) is 28.5 Å². The lowest BCUT2D eigenvalue weighted by Gasteiger charge is -1.97. The summed E-state index contributed by atoms with van der Waals surface area (Å²) in [6.45, 7) is 0.0372. The van der Waals surface area contributed by atoms with E-state index in [1.54, 1.807) is 12.3 Å². The Balaban J connectivity index is 2.84. The minimum absolute atomic E-state index is 0.0372. The van der Waals surface area contributed by atoms with Crippen LogP contribution in [0.15, 0.2) is 22.9 Å². The molecule has 0 spiro atoms. The molecular weight excluding hydrogens is 220 g/mol. The van der Waals surface area contributed by atoms with E-state index in [4.69, 9.17) is 5.11 Å². The van der Waals surface area contributed by atoms with Crippen molar-refractivity contribution in [1.29, 1.82) is 0 Å². The van der Waals surface area contributed by atoms with Gasteiger partial charge in [-0.3, -0.25) is 0 Å². The Labute approximate surface area is 77.6 Å². The van der Waals surface area contributed by atoms with Gasteiger partial charge in [0.1, 0.15) is 5.65 Å². The van der Waals surface area contributed by atoms with Crippen LogP contribution in [0.5, 0.6) is 0 Å². The Morgan fingerprint density at radius 2 is 2.42 bits per heavy atom. The molecule has 4 heteroatoms. The van der Waals surface area contributed by atoms with Crippen LogP contribution in [-0.4, -0.2) is 15.1 Å². The van der Waals surface area contributed by atoms with Gasteiger partial charge in [-0.05, 0) is 27.6 Å². The van der Waals surface area contributed by atoms with Gasteiger partial charge in [0.2, 0.25) is 0 Å². The zero-order chi connectivity index (χ0) is 8.55. The highest BCUT2D eigenvalue weighted by Gasteiger charge is 2.05. The molecule has 0 unspecified atom stereocenters. The van der Waals surface area contributed by atoms with Crippen molar-refractivity contribution in [3.63, 3.8) is 0 Å². The van der Waals surface area contributed by atoms with Crippen LogP contribution in [0.4, 0.5) is 0 Å². The van der Waals surface area contributed by atoms with Gasteiger partial charge in [0.15, 0.2) is 0 Å². The Morgan fingerprint density at radius 3 is 3.17 bits per heavy atom. The number of hydrogen-bond acceptors (Lipinski definition) is 2. The summed E-state index contributed by atoms with van der Waals surface area (Å²) in [5, 5.41) is 9.97. The van der Waals surface area contributed by atoms with Crippen LogP contribution < -0.4 is 0 Å². The van der Waals surface area contributed by atoms with Gasteiger partial charge in [0.25, 0.3) is 0 Å². The van der Waals surface area contributed by atoms with Crippen molar-refractivity contribution >= 4 is 27.0 Å². The smallest absolute Gasteiger partial charge is 0.138 e. The number of nitrogens with zero attached hydrogens (tertiary/aromatic N) is 1. The third kappa shape index (κ3) is 1.04. The molecule has 2 N–H and O–H groups in total. The van der Waals surface area contributed by atoms with E-state index in [1.807, 2.05) is 6.20 Å². The molecule has 2 heterocycles. The molecule has 2 aromatic heterocycles. The van der Waals surface area contributed by atoms with Gasteiger partial charge in [-0.25, -0.2) is 4.98 Å². The minimum atomic E-state index is 0.0372. The number of pyridine rings is 1. The molecule has 0 aliphatic heterocycles. The highest BCUT2D eigenvalue weighted by atomic mass is 79.9. The monoisotopic (exact) mass is 226 g/mol. The van der Waals surface area contributed by atoms with E-state index < -0.39 is 0 Å². The van der Waals surface area contributed by atoms with E-state index in [0.29, 0.717) is 0 Å². The first-order chi connectivity index (χ1) is 5.83. The van der Waals surface area contributed by atoms with Crippen LogP contribution in [0, 0.1) is 0 Å². The summed E-state index contributed by atoms with van der Waals surface area (Å²) in [5.74, 6) is 0. The van der Waals surface area contributed by atoms with Crippen LogP contribution in [-0.2, 0) is 6.61 Å². The van der Waals surface area contributed by atoms with Crippen molar-refractivity contribution in [1.82, 2.24) is 9.97 Å². The molecule has 0 saturated heterocycles. The number of nitrogens with one attached hydrogen (secondary N) is 1. The van der Waals surface area contributed by atoms with Crippen LogP contribution in [0.2, 0.25) is 0 Å². The second-order valence-electron chi connectivity index (χ2n) is 2.49. The fourth-order valence-corrected chi connectivity index (χ4v) is 1.77. The fraction of sp³-hybridized carbons (Fsp3) is 0.125. The number of aromatic nitrogens is 2. The number of rotatable bonds is 1. The van der Waals surface area contributed by atoms with E-state index in [2.05, 4.69) is 25.9 Å². The molecule has 0 atom stereocenters. The van der Waals surface area contributed by atoms with E-state index in [-0.39, 0.29) is 6.61 Å². The largest absolute Gasteiger partial charge is 0.392 e. The normalized spacial score (nSPS) is 10.8. The number of aliphatic hydroxyl groups excluding tert-OH is 1. The number of hydrogen-bond donors (Lipinski definition) is 2. The van der Waals surface area contributed by atoms with Crippen molar-refractivity contribution in [2.75, 3.05) is 0 Å². The van der Waals surface area contributed by atoms with Gasteiger partial charge in [-0.2, -0.15) is 0 Å². The highest BCUT2D eigenvalue weighted by Crippen LogP contribution is 2.25. The molecule has 0 aliphatic rings. The maximum absolute atomic E-state index is 9.02. The van der Waals surface area contributed by atoms with Gasteiger partial charge in [0, 0.05) is 22.3 Å². The molecule has 0 radical (unpaired) electrons. The standard InChI is InChI=1S/C8H7BrN2O/c9-6-3-11-8-7(6)5(4-12)1-2-10-8/h1-3,12H,4H2,(H,10,11). The number of halogens is 1. The van der Waals surface area contributed by atoms with E-state index in [0.717, 1.165) is 21.1 Å². The third-order valence-electron chi connectivity index (χ3n) is 1.78. The zero-order valence-corrected chi connectivity index (χ0v) is 7.80. The second-order valence-corrected chi connectivity index (χ2v) is 3.34. The summed E-state index contributed by atoms with van der Waals surface area (Å²) in [4.78, 5) is 7.11. The molecule has 12 heavy (non-hydrogen) atoms. The Morgan fingerprint density at radius 1 is 1.58 bits per heavy atom. The minimum Gasteiger partial charge on any atom is -0.392 e. The molecule has 0 saturated carbocycles. The van der Waals surface area contributed by atoms with Crippen LogP contribution in [0.1, 0.15) is 5.56 Å². The Bertz CT molecular complexity index is 410. The van der Waals surface area contributed by atoms with Crippen LogP contribution in [0.3, 0.4) is 0 Å².